The Morgan fingerprint density at radius 1 is 1.39 bits per heavy atom. The lowest BCUT2D eigenvalue weighted by atomic mass is 10.1. The molecule has 0 saturated heterocycles. The highest BCUT2D eigenvalue weighted by molar-refractivity contribution is 5.58. The van der Waals surface area contributed by atoms with Gasteiger partial charge in [0.15, 0.2) is 5.82 Å². The predicted molar refractivity (Wildman–Crippen MR) is 70.5 cm³/mol. The van der Waals surface area contributed by atoms with Gasteiger partial charge in [0, 0.05) is 12.0 Å². The minimum atomic E-state index is 0.566. The van der Waals surface area contributed by atoms with Gasteiger partial charge in [0.1, 0.15) is 11.6 Å². The molecule has 2 aromatic rings. The van der Waals surface area contributed by atoms with Gasteiger partial charge in [-0.2, -0.15) is 5.10 Å². The lowest BCUT2D eigenvalue weighted by Gasteiger charge is -2.07. The largest absolute Gasteiger partial charge is 0.494 e. The molecule has 18 heavy (non-hydrogen) atoms. The van der Waals surface area contributed by atoms with E-state index in [4.69, 9.17) is 10.5 Å². The Kier molecular flexibility index (Phi) is 3.94. The second-order valence-electron chi connectivity index (χ2n) is 4.06. The van der Waals surface area contributed by atoms with E-state index in [2.05, 4.69) is 15.2 Å². The molecule has 5 heteroatoms. The molecule has 0 aliphatic heterocycles. The van der Waals surface area contributed by atoms with Crippen molar-refractivity contribution in [1.82, 2.24) is 15.2 Å². The lowest BCUT2D eigenvalue weighted by Crippen LogP contribution is -2.03. The zero-order valence-electron chi connectivity index (χ0n) is 10.7. The van der Waals surface area contributed by atoms with E-state index in [9.17, 15) is 0 Å². The van der Waals surface area contributed by atoms with Crippen LogP contribution in [0.15, 0.2) is 18.2 Å². The molecule has 0 saturated carbocycles. The number of nitrogens with two attached hydrogens (primary N) is 1. The summed E-state index contributed by atoms with van der Waals surface area (Å²) < 4.78 is 5.51. The first kappa shape index (κ1) is 12.6. The van der Waals surface area contributed by atoms with E-state index in [1.165, 1.54) is 0 Å². The normalized spacial score (nSPS) is 10.6. The van der Waals surface area contributed by atoms with Crippen LogP contribution in [-0.4, -0.2) is 28.3 Å². The van der Waals surface area contributed by atoms with Gasteiger partial charge < -0.3 is 10.5 Å². The highest BCUT2D eigenvalue weighted by atomic mass is 16.5. The molecule has 3 N–H and O–H groups in total. The van der Waals surface area contributed by atoms with Gasteiger partial charge in [0.25, 0.3) is 0 Å². The molecule has 0 aliphatic carbocycles. The van der Waals surface area contributed by atoms with E-state index in [1.807, 2.05) is 32.0 Å². The molecule has 1 heterocycles. The number of hydrogen-bond donors (Lipinski definition) is 2. The summed E-state index contributed by atoms with van der Waals surface area (Å²) in [5.74, 6) is 2.42. The second kappa shape index (κ2) is 5.64. The predicted octanol–water partition coefficient (Wildman–Crippen LogP) is 1.68. The SMILES string of the molecule is CCOc1ccc(-c2n[nH]c(CCN)n2)cc1C. The third-order valence-corrected chi connectivity index (χ3v) is 2.65. The first-order valence-corrected chi connectivity index (χ1v) is 6.09. The van der Waals surface area contributed by atoms with Gasteiger partial charge in [-0.05, 0) is 44.2 Å². The fourth-order valence-corrected chi connectivity index (χ4v) is 1.78. The molecular weight excluding hydrogens is 228 g/mol. The molecular formula is C13H18N4O. The smallest absolute Gasteiger partial charge is 0.181 e. The van der Waals surface area contributed by atoms with E-state index in [0.717, 1.165) is 22.7 Å². The third kappa shape index (κ3) is 2.68. The summed E-state index contributed by atoms with van der Waals surface area (Å²) in [5.41, 5.74) is 7.55. The number of benzene rings is 1. The molecule has 96 valence electrons. The van der Waals surface area contributed by atoms with E-state index in [1.54, 1.807) is 0 Å². The number of hydrogen-bond acceptors (Lipinski definition) is 4. The number of rotatable bonds is 5. The van der Waals surface area contributed by atoms with Crippen LogP contribution in [0.4, 0.5) is 0 Å². The van der Waals surface area contributed by atoms with Crippen molar-refractivity contribution in [1.29, 1.82) is 0 Å². The molecule has 2 rings (SSSR count). The minimum absolute atomic E-state index is 0.566. The lowest BCUT2D eigenvalue weighted by molar-refractivity contribution is 0.338. The van der Waals surface area contributed by atoms with E-state index in [-0.39, 0.29) is 0 Å². The van der Waals surface area contributed by atoms with E-state index in [0.29, 0.717) is 25.4 Å². The maximum atomic E-state index is 5.51. The van der Waals surface area contributed by atoms with Crippen molar-refractivity contribution >= 4 is 0 Å². The van der Waals surface area contributed by atoms with Crippen LogP contribution in [0.25, 0.3) is 11.4 Å². The van der Waals surface area contributed by atoms with Gasteiger partial charge in [-0.1, -0.05) is 0 Å². The van der Waals surface area contributed by atoms with E-state index < -0.39 is 0 Å². The molecule has 0 spiro atoms. The van der Waals surface area contributed by atoms with Gasteiger partial charge in [-0.3, -0.25) is 5.10 Å². The van der Waals surface area contributed by atoms with Gasteiger partial charge in [-0.15, -0.1) is 0 Å². The average molecular weight is 246 g/mol. The standard InChI is InChI=1S/C13H18N4O/c1-3-18-11-5-4-10(8-9(11)2)13-15-12(6-7-14)16-17-13/h4-5,8H,3,6-7,14H2,1-2H3,(H,15,16,17). The van der Waals surface area contributed by atoms with Gasteiger partial charge in [-0.25, -0.2) is 4.98 Å². The van der Waals surface area contributed by atoms with Crippen molar-refractivity contribution in [3.63, 3.8) is 0 Å². The Bertz CT molecular complexity index is 521. The van der Waals surface area contributed by atoms with Crippen molar-refractivity contribution in [2.24, 2.45) is 5.73 Å². The van der Waals surface area contributed by atoms with Crippen LogP contribution < -0.4 is 10.5 Å². The zero-order chi connectivity index (χ0) is 13.0. The summed E-state index contributed by atoms with van der Waals surface area (Å²) in [4.78, 5) is 4.40. The van der Waals surface area contributed by atoms with Gasteiger partial charge in [0.2, 0.25) is 0 Å². The Balaban J connectivity index is 2.24. The fourth-order valence-electron chi connectivity index (χ4n) is 1.78. The van der Waals surface area contributed by atoms with Crippen LogP contribution in [0.5, 0.6) is 5.75 Å². The Morgan fingerprint density at radius 2 is 2.22 bits per heavy atom. The minimum Gasteiger partial charge on any atom is -0.494 e. The molecule has 0 aliphatic rings. The molecule has 5 nitrogen and oxygen atoms in total. The number of ether oxygens (including phenoxy) is 1. The van der Waals surface area contributed by atoms with Crippen LogP contribution >= 0.6 is 0 Å². The van der Waals surface area contributed by atoms with Gasteiger partial charge >= 0.3 is 0 Å². The monoisotopic (exact) mass is 246 g/mol. The zero-order valence-corrected chi connectivity index (χ0v) is 10.7. The van der Waals surface area contributed by atoms with Crippen LogP contribution in [-0.2, 0) is 6.42 Å². The van der Waals surface area contributed by atoms with Crippen molar-refractivity contribution in [2.75, 3.05) is 13.2 Å². The van der Waals surface area contributed by atoms with Crippen molar-refractivity contribution in [2.45, 2.75) is 20.3 Å². The summed E-state index contributed by atoms with van der Waals surface area (Å²) in [6, 6.07) is 5.95. The summed E-state index contributed by atoms with van der Waals surface area (Å²) in [6.45, 7) is 5.22. The van der Waals surface area contributed by atoms with Gasteiger partial charge in [0.05, 0.1) is 6.61 Å². The quantitative estimate of drug-likeness (QED) is 0.841. The third-order valence-electron chi connectivity index (χ3n) is 2.65. The number of nitrogens with zero attached hydrogens (tertiary/aromatic N) is 2. The molecule has 1 aromatic carbocycles. The first-order chi connectivity index (χ1) is 8.74. The molecule has 0 amide bonds. The number of aromatic amines is 1. The van der Waals surface area contributed by atoms with Crippen LogP contribution in [0, 0.1) is 6.92 Å². The topological polar surface area (TPSA) is 76.8 Å². The number of H-pyrrole nitrogens is 1. The van der Waals surface area contributed by atoms with Crippen molar-refractivity contribution < 1.29 is 4.74 Å². The van der Waals surface area contributed by atoms with Crippen LogP contribution in [0.1, 0.15) is 18.3 Å². The summed E-state index contributed by atoms with van der Waals surface area (Å²) >= 11 is 0. The summed E-state index contributed by atoms with van der Waals surface area (Å²) in [7, 11) is 0. The summed E-state index contributed by atoms with van der Waals surface area (Å²) in [6.07, 6.45) is 0.711. The maximum Gasteiger partial charge on any atom is 0.181 e. The summed E-state index contributed by atoms with van der Waals surface area (Å²) in [5, 5.41) is 7.08. The Morgan fingerprint density at radius 3 is 2.89 bits per heavy atom. The molecule has 0 atom stereocenters. The van der Waals surface area contributed by atoms with Crippen LogP contribution in [0.3, 0.4) is 0 Å². The number of nitrogens with one attached hydrogen (secondary N) is 1. The number of aromatic nitrogens is 3. The van der Waals surface area contributed by atoms with E-state index >= 15 is 0 Å². The molecule has 0 bridgehead atoms. The Hall–Kier alpha value is -1.88. The Labute approximate surface area is 106 Å². The van der Waals surface area contributed by atoms with Crippen molar-refractivity contribution in [3.05, 3.63) is 29.6 Å². The van der Waals surface area contributed by atoms with Crippen LogP contribution in [0.2, 0.25) is 0 Å². The fraction of sp³-hybridized carbons (Fsp3) is 0.385. The average Bonchev–Trinajstić information content (AvgIpc) is 2.81. The first-order valence-electron chi connectivity index (χ1n) is 6.09. The van der Waals surface area contributed by atoms with Crippen molar-refractivity contribution in [3.8, 4) is 17.1 Å². The maximum absolute atomic E-state index is 5.51. The molecule has 0 unspecified atom stereocenters. The molecule has 0 radical (unpaired) electrons. The second-order valence-corrected chi connectivity index (χ2v) is 4.06. The number of aryl methyl sites for hydroxylation is 1. The molecule has 1 aromatic heterocycles. The molecule has 0 fully saturated rings. The highest BCUT2D eigenvalue weighted by Crippen LogP contribution is 2.24. The highest BCUT2D eigenvalue weighted by Gasteiger charge is 2.07.